The monoisotopic (exact) mass is 264 g/mol. The Hall–Kier alpha value is -1.75. The van der Waals surface area contributed by atoms with E-state index in [1.165, 1.54) is 0 Å². The number of methoxy groups -OCH3 is 1. The van der Waals surface area contributed by atoms with E-state index in [-0.39, 0.29) is 11.9 Å². The molecule has 0 aromatic heterocycles. The van der Waals surface area contributed by atoms with Crippen LogP contribution in [0, 0.1) is 0 Å². The minimum absolute atomic E-state index is 0.00520. The fourth-order valence-corrected chi connectivity index (χ4v) is 2.49. The molecule has 1 aromatic carbocycles. The Morgan fingerprint density at radius 3 is 2.89 bits per heavy atom. The summed E-state index contributed by atoms with van der Waals surface area (Å²) in [5, 5.41) is 12.8. The van der Waals surface area contributed by atoms with Crippen LogP contribution in [0.5, 0.6) is 5.75 Å². The van der Waals surface area contributed by atoms with Crippen LogP contribution in [-0.4, -0.2) is 37.3 Å². The quantitative estimate of drug-likeness (QED) is 0.857. The Labute approximate surface area is 113 Å². The van der Waals surface area contributed by atoms with Crippen molar-refractivity contribution in [3.63, 3.8) is 0 Å². The molecule has 0 bridgehead atoms. The lowest BCUT2D eigenvalue weighted by Crippen LogP contribution is -2.54. The molecular weight excluding hydrogens is 244 g/mol. The number of piperazine rings is 1. The second kappa shape index (κ2) is 5.48. The molecule has 5 nitrogen and oxygen atoms in total. The topological polar surface area (TPSA) is 61.8 Å². The number of nitrogens with zero attached hydrogens (tertiary/aromatic N) is 1. The van der Waals surface area contributed by atoms with Gasteiger partial charge < -0.3 is 20.1 Å². The van der Waals surface area contributed by atoms with Gasteiger partial charge in [0.2, 0.25) is 5.91 Å². The zero-order valence-electron chi connectivity index (χ0n) is 11.5. The predicted octanol–water partition coefficient (Wildman–Crippen LogP) is 1.07. The van der Waals surface area contributed by atoms with Crippen molar-refractivity contribution < 1.29 is 14.6 Å². The summed E-state index contributed by atoms with van der Waals surface area (Å²) in [6.45, 7) is 4.90. The maximum Gasteiger partial charge on any atom is 0.242 e. The van der Waals surface area contributed by atoms with E-state index >= 15 is 0 Å². The van der Waals surface area contributed by atoms with Crippen LogP contribution in [-0.2, 0) is 4.79 Å². The third-order valence-corrected chi connectivity index (χ3v) is 3.49. The van der Waals surface area contributed by atoms with Crippen molar-refractivity contribution in [1.82, 2.24) is 5.32 Å². The smallest absolute Gasteiger partial charge is 0.242 e. The van der Waals surface area contributed by atoms with Gasteiger partial charge >= 0.3 is 0 Å². The van der Waals surface area contributed by atoms with E-state index in [0.29, 0.717) is 12.3 Å². The number of nitrogens with one attached hydrogen (secondary N) is 1. The van der Waals surface area contributed by atoms with Gasteiger partial charge in [0.15, 0.2) is 0 Å². The summed E-state index contributed by atoms with van der Waals surface area (Å²) in [7, 11) is 1.58. The number of rotatable bonds is 3. The zero-order chi connectivity index (χ0) is 14.0. The molecule has 1 fully saturated rings. The number of carbonyl (C=O) groups is 1. The summed E-state index contributed by atoms with van der Waals surface area (Å²) in [4.78, 5) is 13.8. The summed E-state index contributed by atoms with van der Waals surface area (Å²) < 4.78 is 5.31. The van der Waals surface area contributed by atoms with Gasteiger partial charge in [0, 0.05) is 24.3 Å². The molecule has 0 spiro atoms. The van der Waals surface area contributed by atoms with E-state index in [1.807, 2.05) is 30.0 Å². The van der Waals surface area contributed by atoms with Crippen molar-refractivity contribution >= 4 is 11.6 Å². The number of hydrogen-bond acceptors (Lipinski definition) is 4. The average Bonchev–Trinajstić information content (AvgIpc) is 2.40. The second-order valence-corrected chi connectivity index (χ2v) is 4.73. The molecule has 0 radical (unpaired) electrons. The Morgan fingerprint density at radius 1 is 1.53 bits per heavy atom. The Balaban J connectivity index is 2.46. The molecular formula is C14H20N2O3. The van der Waals surface area contributed by atoms with Gasteiger partial charge in [-0.15, -0.1) is 0 Å². The van der Waals surface area contributed by atoms with Crippen LogP contribution in [0.2, 0.25) is 0 Å². The lowest BCUT2D eigenvalue weighted by atomic mass is 10.0. The van der Waals surface area contributed by atoms with Crippen molar-refractivity contribution in [2.24, 2.45) is 0 Å². The van der Waals surface area contributed by atoms with E-state index in [2.05, 4.69) is 5.32 Å². The lowest BCUT2D eigenvalue weighted by Gasteiger charge is -2.36. The number of carbonyl (C=O) groups excluding carboxylic acids is 1. The second-order valence-electron chi connectivity index (χ2n) is 4.73. The average molecular weight is 264 g/mol. The molecule has 2 N–H and O–H groups in total. The number of benzene rings is 1. The molecule has 1 amide bonds. The molecule has 1 aliphatic heterocycles. The first kappa shape index (κ1) is 13.7. The highest BCUT2D eigenvalue weighted by Gasteiger charge is 2.28. The van der Waals surface area contributed by atoms with E-state index in [1.54, 1.807) is 14.0 Å². The number of aliphatic hydroxyl groups excluding tert-OH is 1. The van der Waals surface area contributed by atoms with Crippen molar-refractivity contribution in [3.8, 4) is 5.75 Å². The van der Waals surface area contributed by atoms with Crippen LogP contribution in [0.4, 0.5) is 5.69 Å². The Kier molecular flexibility index (Phi) is 3.95. The van der Waals surface area contributed by atoms with Gasteiger partial charge in [0.1, 0.15) is 11.8 Å². The van der Waals surface area contributed by atoms with E-state index in [0.717, 1.165) is 17.8 Å². The van der Waals surface area contributed by atoms with Crippen LogP contribution in [0.1, 0.15) is 25.5 Å². The van der Waals surface area contributed by atoms with Crippen LogP contribution < -0.4 is 15.0 Å². The van der Waals surface area contributed by atoms with Crippen molar-refractivity contribution in [2.45, 2.75) is 26.0 Å². The van der Waals surface area contributed by atoms with E-state index in [9.17, 15) is 9.90 Å². The highest BCUT2D eigenvalue weighted by atomic mass is 16.5. The number of aliphatic hydroxyl groups is 1. The molecule has 0 aliphatic carbocycles. The minimum atomic E-state index is -0.650. The van der Waals surface area contributed by atoms with Crippen LogP contribution in [0.3, 0.4) is 0 Å². The summed E-state index contributed by atoms with van der Waals surface area (Å²) in [5.41, 5.74) is 1.59. The van der Waals surface area contributed by atoms with Gasteiger partial charge in [-0.05, 0) is 26.0 Å². The first-order valence-electron chi connectivity index (χ1n) is 6.45. The molecule has 2 rings (SSSR count). The largest absolute Gasteiger partial charge is 0.496 e. The van der Waals surface area contributed by atoms with Crippen LogP contribution >= 0.6 is 0 Å². The Morgan fingerprint density at radius 2 is 2.26 bits per heavy atom. The highest BCUT2D eigenvalue weighted by molar-refractivity contribution is 5.86. The normalized spacial score (nSPS) is 20.9. The molecule has 1 aliphatic rings. The summed E-state index contributed by atoms with van der Waals surface area (Å²) in [6.07, 6.45) is -0.650. The Bertz CT molecular complexity index is 474. The number of amides is 1. The predicted molar refractivity (Wildman–Crippen MR) is 73.4 cm³/mol. The number of anilines is 1. The van der Waals surface area contributed by atoms with Crippen LogP contribution in [0.15, 0.2) is 18.2 Å². The van der Waals surface area contributed by atoms with Crippen molar-refractivity contribution in [1.29, 1.82) is 0 Å². The van der Waals surface area contributed by atoms with Gasteiger partial charge in [-0.2, -0.15) is 0 Å². The van der Waals surface area contributed by atoms with Crippen molar-refractivity contribution in [3.05, 3.63) is 23.8 Å². The van der Waals surface area contributed by atoms with Crippen LogP contribution in [0.25, 0.3) is 0 Å². The molecule has 19 heavy (non-hydrogen) atoms. The van der Waals surface area contributed by atoms with E-state index in [4.69, 9.17) is 4.74 Å². The third kappa shape index (κ3) is 2.51. The maximum atomic E-state index is 11.8. The van der Waals surface area contributed by atoms with Gasteiger partial charge in [-0.3, -0.25) is 4.79 Å². The summed E-state index contributed by atoms with van der Waals surface area (Å²) in [5.74, 6) is 0.649. The summed E-state index contributed by atoms with van der Waals surface area (Å²) >= 11 is 0. The van der Waals surface area contributed by atoms with E-state index < -0.39 is 6.10 Å². The molecule has 1 aromatic rings. The molecule has 1 unspecified atom stereocenters. The molecule has 1 saturated heterocycles. The van der Waals surface area contributed by atoms with Crippen molar-refractivity contribution in [2.75, 3.05) is 25.1 Å². The minimum Gasteiger partial charge on any atom is -0.496 e. The summed E-state index contributed by atoms with van der Waals surface area (Å²) in [6, 6.07) is 5.36. The van der Waals surface area contributed by atoms with Gasteiger partial charge in [0.05, 0.1) is 13.2 Å². The first-order valence-corrected chi connectivity index (χ1v) is 6.45. The fraction of sp³-hybridized carbons (Fsp3) is 0.500. The lowest BCUT2D eigenvalue weighted by molar-refractivity contribution is -0.122. The molecule has 0 saturated carbocycles. The molecule has 1 heterocycles. The third-order valence-electron chi connectivity index (χ3n) is 3.49. The maximum absolute atomic E-state index is 11.8. The van der Waals surface area contributed by atoms with Gasteiger partial charge in [0.25, 0.3) is 0 Å². The standard InChI is InChI=1S/C14H20N2O3/c1-9-14(18)15-7-8-16(9)11-5-4-6-12(19-3)13(11)10(2)17/h4-6,9-10,17H,7-8H2,1-3H3,(H,15,18)/t9?,10-/m1/s1. The molecule has 5 heteroatoms. The van der Waals surface area contributed by atoms with Gasteiger partial charge in [-0.25, -0.2) is 0 Å². The first-order chi connectivity index (χ1) is 9.06. The zero-order valence-corrected chi connectivity index (χ0v) is 11.5. The molecule has 104 valence electrons. The molecule has 2 atom stereocenters. The fourth-order valence-electron chi connectivity index (χ4n) is 2.49. The van der Waals surface area contributed by atoms with Gasteiger partial charge in [-0.1, -0.05) is 6.07 Å². The number of hydrogen-bond donors (Lipinski definition) is 2. The SMILES string of the molecule is COc1cccc(N2CCNC(=O)C2C)c1[C@@H](C)O. The highest BCUT2D eigenvalue weighted by Crippen LogP contribution is 2.35. The number of ether oxygens (including phenoxy) is 1.